The van der Waals surface area contributed by atoms with Crippen molar-refractivity contribution in [1.29, 1.82) is 0 Å². The fraction of sp³-hybridized carbons (Fsp3) is 0.357. The maximum absolute atomic E-state index is 11.8. The van der Waals surface area contributed by atoms with Gasteiger partial charge in [-0.25, -0.2) is 13.4 Å². The number of hydrogen-bond acceptors (Lipinski definition) is 5. The Bertz CT molecular complexity index is 718. The molecule has 0 fully saturated rings. The molecule has 1 heterocycles. The van der Waals surface area contributed by atoms with Gasteiger partial charge in [0.15, 0.2) is 9.84 Å². The molecule has 0 aliphatic rings. The molecule has 1 aromatic carbocycles. The molecule has 0 bridgehead atoms. The minimum Gasteiger partial charge on any atom is -0.497 e. The van der Waals surface area contributed by atoms with Crippen molar-refractivity contribution in [3.8, 4) is 17.0 Å². The minimum atomic E-state index is -3.21. The van der Waals surface area contributed by atoms with Crippen LogP contribution in [0, 0.1) is 0 Å². The summed E-state index contributed by atoms with van der Waals surface area (Å²) >= 11 is 1.36. The van der Waals surface area contributed by atoms with Crippen LogP contribution in [0.3, 0.4) is 0 Å². The van der Waals surface area contributed by atoms with Crippen molar-refractivity contribution in [2.45, 2.75) is 18.6 Å². The first kappa shape index (κ1) is 15.0. The van der Waals surface area contributed by atoms with Crippen LogP contribution in [-0.2, 0) is 14.6 Å². The lowest BCUT2D eigenvalue weighted by Crippen LogP contribution is -2.27. The van der Waals surface area contributed by atoms with Gasteiger partial charge in [-0.2, -0.15) is 0 Å². The molecule has 4 nitrogen and oxygen atoms in total. The van der Waals surface area contributed by atoms with Crippen molar-refractivity contribution in [1.82, 2.24) is 4.98 Å². The molecule has 1 aromatic heterocycles. The highest BCUT2D eigenvalue weighted by atomic mass is 32.2. The highest BCUT2D eigenvalue weighted by Gasteiger charge is 2.35. The van der Waals surface area contributed by atoms with E-state index in [0.29, 0.717) is 5.01 Å². The molecule has 0 atom stereocenters. The van der Waals surface area contributed by atoms with Crippen molar-refractivity contribution in [2.75, 3.05) is 13.4 Å². The van der Waals surface area contributed by atoms with Crippen LogP contribution in [0.4, 0.5) is 0 Å². The van der Waals surface area contributed by atoms with Gasteiger partial charge in [0.2, 0.25) is 0 Å². The lowest BCUT2D eigenvalue weighted by molar-refractivity contribution is 0.415. The van der Waals surface area contributed by atoms with Crippen LogP contribution >= 0.6 is 11.3 Å². The number of rotatable bonds is 4. The highest BCUT2D eigenvalue weighted by Crippen LogP contribution is 2.34. The minimum absolute atomic E-state index is 0.595. The summed E-state index contributed by atoms with van der Waals surface area (Å²) < 4.78 is 27.9. The molecule has 2 aromatic rings. The normalized spacial score (nSPS) is 12.4. The number of benzene rings is 1. The molecule has 20 heavy (non-hydrogen) atoms. The van der Waals surface area contributed by atoms with E-state index in [4.69, 9.17) is 4.74 Å². The molecule has 108 valence electrons. The SMILES string of the molecule is COc1cccc(-c2csc(C(C)(C)S(C)(=O)=O)n2)c1. The summed E-state index contributed by atoms with van der Waals surface area (Å²) in [6.45, 7) is 3.35. The van der Waals surface area contributed by atoms with Gasteiger partial charge in [0.1, 0.15) is 15.5 Å². The van der Waals surface area contributed by atoms with Crippen LogP contribution in [0.2, 0.25) is 0 Å². The zero-order valence-electron chi connectivity index (χ0n) is 11.9. The third-order valence-corrected chi connectivity index (χ3v) is 6.65. The summed E-state index contributed by atoms with van der Waals surface area (Å²) in [6, 6.07) is 7.55. The Hall–Kier alpha value is -1.40. The molecule has 0 N–H and O–H groups in total. The molecular weight excluding hydrogens is 294 g/mol. The third-order valence-electron chi connectivity index (χ3n) is 3.31. The van der Waals surface area contributed by atoms with E-state index >= 15 is 0 Å². The molecule has 0 saturated heterocycles. The van der Waals surface area contributed by atoms with E-state index in [-0.39, 0.29) is 0 Å². The van der Waals surface area contributed by atoms with E-state index < -0.39 is 14.6 Å². The number of sulfone groups is 1. The van der Waals surface area contributed by atoms with Gasteiger partial charge in [0.25, 0.3) is 0 Å². The van der Waals surface area contributed by atoms with Crippen LogP contribution < -0.4 is 4.74 Å². The molecule has 0 aliphatic heterocycles. The molecule has 0 amide bonds. The number of nitrogens with zero attached hydrogens (tertiary/aromatic N) is 1. The van der Waals surface area contributed by atoms with Crippen molar-refractivity contribution in [3.63, 3.8) is 0 Å². The maximum Gasteiger partial charge on any atom is 0.159 e. The molecule has 0 radical (unpaired) electrons. The second-order valence-electron chi connectivity index (χ2n) is 5.05. The van der Waals surface area contributed by atoms with Gasteiger partial charge >= 0.3 is 0 Å². The molecule has 0 unspecified atom stereocenters. The van der Waals surface area contributed by atoms with E-state index in [1.54, 1.807) is 21.0 Å². The Balaban J connectivity index is 2.43. The predicted molar refractivity (Wildman–Crippen MR) is 82.0 cm³/mol. The summed E-state index contributed by atoms with van der Waals surface area (Å²) in [6.07, 6.45) is 1.24. The number of thiazole rings is 1. The lowest BCUT2D eigenvalue weighted by Gasteiger charge is -2.19. The Kier molecular flexibility index (Phi) is 3.88. The first-order chi connectivity index (χ1) is 9.25. The van der Waals surface area contributed by atoms with Crippen LogP contribution in [0.15, 0.2) is 29.6 Å². The van der Waals surface area contributed by atoms with Crippen LogP contribution in [0.1, 0.15) is 18.9 Å². The zero-order valence-corrected chi connectivity index (χ0v) is 13.5. The standard InChI is InChI=1S/C14H17NO3S2/c1-14(2,20(4,16)17)13-15-12(9-19-13)10-6-5-7-11(8-10)18-3/h5-9H,1-4H3. The molecule has 6 heteroatoms. The van der Waals surface area contributed by atoms with E-state index in [0.717, 1.165) is 17.0 Å². The number of hydrogen-bond donors (Lipinski definition) is 0. The van der Waals surface area contributed by atoms with Gasteiger partial charge in [0, 0.05) is 17.2 Å². The van der Waals surface area contributed by atoms with Crippen molar-refractivity contribution in [3.05, 3.63) is 34.7 Å². The van der Waals surface area contributed by atoms with Crippen LogP contribution in [-0.4, -0.2) is 26.8 Å². The van der Waals surface area contributed by atoms with Gasteiger partial charge in [-0.05, 0) is 26.0 Å². The second-order valence-corrected chi connectivity index (χ2v) is 8.48. The van der Waals surface area contributed by atoms with Crippen molar-refractivity contribution >= 4 is 21.2 Å². The van der Waals surface area contributed by atoms with E-state index in [9.17, 15) is 8.42 Å². The monoisotopic (exact) mass is 311 g/mol. The fourth-order valence-corrected chi connectivity index (χ4v) is 3.43. The first-order valence-electron chi connectivity index (χ1n) is 6.06. The van der Waals surface area contributed by atoms with Gasteiger partial charge in [-0.3, -0.25) is 0 Å². The molecular formula is C14H17NO3S2. The average molecular weight is 311 g/mol. The highest BCUT2D eigenvalue weighted by molar-refractivity contribution is 7.91. The molecule has 2 rings (SSSR count). The topological polar surface area (TPSA) is 56.3 Å². The van der Waals surface area contributed by atoms with Crippen LogP contribution in [0.25, 0.3) is 11.3 Å². The summed E-state index contributed by atoms with van der Waals surface area (Å²) in [5.41, 5.74) is 1.68. The maximum atomic E-state index is 11.8. The Labute approximate surface area is 123 Å². The zero-order chi connectivity index (χ0) is 15.0. The fourth-order valence-electron chi connectivity index (χ4n) is 1.62. The Morgan fingerprint density at radius 3 is 2.60 bits per heavy atom. The van der Waals surface area contributed by atoms with E-state index in [2.05, 4.69) is 4.98 Å². The largest absolute Gasteiger partial charge is 0.497 e. The summed E-state index contributed by atoms with van der Waals surface area (Å²) in [5.74, 6) is 0.749. The first-order valence-corrected chi connectivity index (χ1v) is 8.83. The van der Waals surface area contributed by atoms with E-state index in [1.807, 2.05) is 29.6 Å². The Morgan fingerprint density at radius 2 is 2.00 bits per heavy atom. The quantitative estimate of drug-likeness (QED) is 0.870. The van der Waals surface area contributed by atoms with Crippen molar-refractivity contribution in [2.24, 2.45) is 0 Å². The van der Waals surface area contributed by atoms with Gasteiger partial charge in [-0.15, -0.1) is 11.3 Å². The lowest BCUT2D eigenvalue weighted by atomic mass is 10.1. The second kappa shape index (κ2) is 5.18. The smallest absolute Gasteiger partial charge is 0.159 e. The summed E-state index contributed by atoms with van der Waals surface area (Å²) in [7, 11) is -1.60. The van der Waals surface area contributed by atoms with Crippen LogP contribution in [0.5, 0.6) is 5.75 Å². The Morgan fingerprint density at radius 1 is 1.30 bits per heavy atom. The molecule has 0 spiro atoms. The van der Waals surface area contributed by atoms with Gasteiger partial charge < -0.3 is 4.74 Å². The van der Waals surface area contributed by atoms with E-state index in [1.165, 1.54) is 17.6 Å². The number of aromatic nitrogens is 1. The summed E-state index contributed by atoms with van der Waals surface area (Å²) in [4.78, 5) is 4.48. The predicted octanol–water partition coefficient (Wildman–Crippen LogP) is 3.10. The molecule has 0 aliphatic carbocycles. The third kappa shape index (κ3) is 2.71. The summed E-state index contributed by atoms with van der Waals surface area (Å²) in [5, 5.41) is 2.47. The average Bonchev–Trinajstić information content (AvgIpc) is 2.87. The van der Waals surface area contributed by atoms with Gasteiger partial charge in [-0.1, -0.05) is 12.1 Å². The molecule has 0 saturated carbocycles. The van der Waals surface area contributed by atoms with Gasteiger partial charge in [0.05, 0.1) is 12.8 Å². The number of methoxy groups -OCH3 is 1. The number of ether oxygens (including phenoxy) is 1. The van der Waals surface area contributed by atoms with Crippen molar-refractivity contribution < 1.29 is 13.2 Å².